The SMILES string of the molecule is NC(C(=O)N1CCC(F)(F)C1)[C@@H](N)C1CCC(OC(=O)NCc2ccccc2)CC1. The van der Waals surface area contributed by atoms with Crippen LogP contribution in [-0.2, 0) is 16.1 Å². The van der Waals surface area contributed by atoms with Gasteiger partial charge in [0.05, 0.1) is 12.6 Å². The maximum atomic E-state index is 13.4. The average molecular weight is 424 g/mol. The molecule has 1 unspecified atom stereocenters. The van der Waals surface area contributed by atoms with Crippen molar-refractivity contribution in [2.75, 3.05) is 13.1 Å². The molecular weight excluding hydrogens is 394 g/mol. The lowest BCUT2D eigenvalue weighted by molar-refractivity contribution is -0.134. The van der Waals surface area contributed by atoms with Crippen LogP contribution in [0.5, 0.6) is 0 Å². The molecule has 2 atom stereocenters. The minimum atomic E-state index is -2.85. The Bertz CT molecular complexity index is 726. The van der Waals surface area contributed by atoms with Gasteiger partial charge in [-0.15, -0.1) is 0 Å². The summed E-state index contributed by atoms with van der Waals surface area (Å²) in [4.78, 5) is 25.5. The molecule has 2 aliphatic rings. The molecule has 1 aromatic carbocycles. The predicted octanol–water partition coefficient (Wildman–Crippen LogP) is 1.99. The van der Waals surface area contributed by atoms with Gasteiger partial charge < -0.3 is 26.4 Å². The van der Waals surface area contributed by atoms with Gasteiger partial charge in [-0.25, -0.2) is 13.6 Å². The highest BCUT2D eigenvalue weighted by atomic mass is 19.3. The Morgan fingerprint density at radius 1 is 1.17 bits per heavy atom. The van der Waals surface area contributed by atoms with Crippen molar-refractivity contribution in [2.24, 2.45) is 17.4 Å². The first kappa shape index (κ1) is 22.4. The summed E-state index contributed by atoms with van der Waals surface area (Å²) in [5.74, 6) is -3.38. The van der Waals surface area contributed by atoms with E-state index in [4.69, 9.17) is 16.2 Å². The maximum Gasteiger partial charge on any atom is 0.407 e. The first-order chi connectivity index (χ1) is 14.2. The van der Waals surface area contributed by atoms with Gasteiger partial charge in [0.15, 0.2) is 0 Å². The quantitative estimate of drug-likeness (QED) is 0.647. The third-order valence-electron chi connectivity index (χ3n) is 6.00. The van der Waals surface area contributed by atoms with E-state index in [0.717, 1.165) is 10.5 Å². The second kappa shape index (κ2) is 9.70. The largest absolute Gasteiger partial charge is 0.446 e. The van der Waals surface area contributed by atoms with E-state index in [1.54, 1.807) is 0 Å². The van der Waals surface area contributed by atoms with Crippen molar-refractivity contribution >= 4 is 12.0 Å². The molecule has 30 heavy (non-hydrogen) atoms. The van der Waals surface area contributed by atoms with Crippen molar-refractivity contribution in [3.8, 4) is 0 Å². The Morgan fingerprint density at radius 2 is 1.83 bits per heavy atom. The van der Waals surface area contributed by atoms with Crippen LogP contribution in [0, 0.1) is 5.92 Å². The zero-order valence-corrected chi connectivity index (χ0v) is 16.9. The minimum Gasteiger partial charge on any atom is -0.446 e. The molecule has 0 radical (unpaired) electrons. The molecular formula is C21H30F2N4O3. The highest BCUT2D eigenvalue weighted by molar-refractivity contribution is 5.82. The lowest BCUT2D eigenvalue weighted by Gasteiger charge is -2.35. The van der Waals surface area contributed by atoms with Crippen LogP contribution in [-0.4, -0.2) is 54.1 Å². The molecule has 0 bridgehead atoms. The van der Waals surface area contributed by atoms with Crippen molar-refractivity contribution in [3.63, 3.8) is 0 Å². The first-order valence-electron chi connectivity index (χ1n) is 10.4. The van der Waals surface area contributed by atoms with E-state index in [0.29, 0.717) is 32.2 Å². The van der Waals surface area contributed by atoms with Crippen molar-refractivity contribution in [2.45, 2.75) is 62.8 Å². The molecule has 1 saturated carbocycles. The fourth-order valence-electron chi connectivity index (χ4n) is 4.15. The number of carbonyl (C=O) groups excluding carboxylic acids is 2. The molecule has 1 aliphatic heterocycles. The van der Waals surface area contributed by atoms with E-state index < -0.39 is 36.6 Å². The van der Waals surface area contributed by atoms with Gasteiger partial charge in [0, 0.05) is 25.6 Å². The molecule has 0 aromatic heterocycles. The Kier molecular flexibility index (Phi) is 7.25. The molecule has 1 heterocycles. The van der Waals surface area contributed by atoms with Gasteiger partial charge in [0.25, 0.3) is 5.92 Å². The molecule has 0 spiro atoms. The minimum absolute atomic E-state index is 0.00489. The van der Waals surface area contributed by atoms with Crippen LogP contribution in [0.25, 0.3) is 0 Å². The van der Waals surface area contributed by atoms with Gasteiger partial charge in [-0.3, -0.25) is 4.79 Å². The van der Waals surface area contributed by atoms with Crippen molar-refractivity contribution < 1.29 is 23.1 Å². The number of likely N-dealkylation sites (tertiary alicyclic amines) is 1. The molecule has 1 aliphatic carbocycles. The number of nitrogens with two attached hydrogens (primary N) is 2. The summed E-state index contributed by atoms with van der Waals surface area (Å²) in [7, 11) is 0. The average Bonchev–Trinajstić information content (AvgIpc) is 3.11. The van der Waals surface area contributed by atoms with Gasteiger partial charge in [0.1, 0.15) is 6.10 Å². The first-order valence-corrected chi connectivity index (χ1v) is 10.4. The topological polar surface area (TPSA) is 111 Å². The molecule has 7 nitrogen and oxygen atoms in total. The molecule has 2 amide bonds. The Balaban J connectivity index is 1.40. The zero-order chi connectivity index (χ0) is 21.7. The standard InChI is InChI=1S/C21H30F2N4O3/c22-21(23)10-11-27(13-21)19(28)18(25)17(24)15-6-8-16(9-7-15)30-20(29)26-12-14-4-2-1-3-5-14/h1-5,15-18H,6-13,24-25H2,(H,26,29)/t15?,16?,17-,18?/m0/s1. The van der Waals surface area contributed by atoms with Gasteiger partial charge in [-0.05, 0) is 37.2 Å². The highest BCUT2D eigenvalue weighted by Crippen LogP contribution is 2.31. The summed E-state index contributed by atoms with van der Waals surface area (Å²) in [6.45, 7) is -0.192. The van der Waals surface area contributed by atoms with Gasteiger partial charge in [-0.2, -0.15) is 0 Å². The molecule has 9 heteroatoms. The van der Waals surface area contributed by atoms with Crippen LogP contribution in [0.15, 0.2) is 30.3 Å². The number of hydrogen-bond donors (Lipinski definition) is 3. The number of carbonyl (C=O) groups is 2. The Morgan fingerprint density at radius 3 is 2.43 bits per heavy atom. The number of alkyl halides is 2. The number of nitrogens with zero attached hydrogens (tertiary/aromatic N) is 1. The lowest BCUT2D eigenvalue weighted by atomic mass is 9.80. The monoisotopic (exact) mass is 424 g/mol. The van der Waals surface area contributed by atoms with E-state index >= 15 is 0 Å². The molecule has 1 saturated heterocycles. The number of ether oxygens (including phenoxy) is 1. The summed E-state index contributed by atoms with van der Waals surface area (Å²) < 4.78 is 32.2. The fraction of sp³-hybridized carbons (Fsp3) is 0.619. The van der Waals surface area contributed by atoms with Gasteiger partial charge in [0.2, 0.25) is 5.91 Å². The number of alkyl carbamates (subject to hydrolysis) is 1. The second-order valence-corrected chi connectivity index (χ2v) is 8.25. The van der Waals surface area contributed by atoms with Crippen molar-refractivity contribution in [1.82, 2.24) is 10.2 Å². The van der Waals surface area contributed by atoms with Gasteiger partial charge in [-0.1, -0.05) is 30.3 Å². The summed E-state index contributed by atoms with van der Waals surface area (Å²) in [5.41, 5.74) is 13.2. The third-order valence-corrected chi connectivity index (χ3v) is 6.00. The second-order valence-electron chi connectivity index (χ2n) is 8.25. The summed E-state index contributed by atoms with van der Waals surface area (Å²) >= 11 is 0. The van der Waals surface area contributed by atoms with Crippen molar-refractivity contribution in [1.29, 1.82) is 0 Å². The highest BCUT2D eigenvalue weighted by Gasteiger charge is 2.43. The zero-order valence-electron chi connectivity index (χ0n) is 16.9. The van der Waals surface area contributed by atoms with E-state index in [1.807, 2.05) is 30.3 Å². The van der Waals surface area contributed by atoms with E-state index in [1.165, 1.54) is 0 Å². The van der Waals surface area contributed by atoms with Crippen molar-refractivity contribution in [3.05, 3.63) is 35.9 Å². The lowest BCUT2D eigenvalue weighted by Crippen LogP contribution is -2.56. The van der Waals surface area contributed by atoms with Crippen LogP contribution in [0.1, 0.15) is 37.7 Å². The predicted molar refractivity (Wildman–Crippen MR) is 108 cm³/mol. The maximum absolute atomic E-state index is 13.4. The van der Waals surface area contributed by atoms with E-state index in [-0.39, 0.29) is 25.0 Å². The Labute approximate surface area is 175 Å². The smallest absolute Gasteiger partial charge is 0.407 e. The number of amides is 2. The van der Waals surface area contributed by atoms with Gasteiger partial charge >= 0.3 is 6.09 Å². The fourth-order valence-corrected chi connectivity index (χ4v) is 4.15. The van der Waals surface area contributed by atoms with Crippen LogP contribution >= 0.6 is 0 Å². The number of benzene rings is 1. The van der Waals surface area contributed by atoms with Crippen LogP contribution in [0.2, 0.25) is 0 Å². The molecule has 166 valence electrons. The summed E-state index contributed by atoms with van der Waals surface area (Å²) in [6, 6.07) is 7.93. The number of hydrogen-bond acceptors (Lipinski definition) is 5. The number of rotatable bonds is 6. The molecule has 2 fully saturated rings. The normalized spacial score (nSPS) is 25.4. The van der Waals surface area contributed by atoms with E-state index in [9.17, 15) is 18.4 Å². The summed E-state index contributed by atoms with van der Waals surface area (Å²) in [6.07, 6.45) is 1.56. The van der Waals surface area contributed by atoms with Crippen LogP contribution in [0.4, 0.5) is 13.6 Å². The van der Waals surface area contributed by atoms with E-state index in [2.05, 4.69) is 5.32 Å². The summed E-state index contributed by atoms with van der Waals surface area (Å²) in [5, 5.41) is 2.73. The van der Waals surface area contributed by atoms with Crippen LogP contribution < -0.4 is 16.8 Å². The Hall–Kier alpha value is -2.26. The third kappa shape index (κ3) is 5.89. The number of nitrogens with one attached hydrogen (secondary N) is 1. The molecule has 1 aromatic rings. The molecule has 5 N–H and O–H groups in total. The van der Waals surface area contributed by atoms with Crippen LogP contribution in [0.3, 0.4) is 0 Å². The molecule has 3 rings (SSSR count). The number of halogens is 2.